The average molecular weight is 247 g/mol. The highest BCUT2D eigenvalue weighted by molar-refractivity contribution is 5.85. The van der Waals surface area contributed by atoms with Gasteiger partial charge in [0.2, 0.25) is 5.95 Å². The molecule has 18 heavy (non-hydrogen) atoms. The summed E-state index contributed by atoms with van der Waals surface area (Å²) < 4.78 is 13.3. The molecule has 6 heteroatoms. The van der Waals surface area contributed by atoms with E-state index in [0.717, 1.165) is 0 Å². The molecular formula is C12H10FN3O2. The van der Waals surface area contributed by atoms with Crippen molar-refractivity contribution >= 4 is 17.6 Å². The Labute approximate surface area is 102 Å². The van der Waals surface area contributed by atoms with Gasteiger partial charge in [0.15, 0.2) is 5.69 Å². The summed E-state index contributed by atoms with van der Waals surface area (Å²) in [5, 5.41) is 11.5. The summed E-state index contributed by atoms with van der Waals surface area (Å²) in [5.41, 5.74) is 0.862. The number of nitrogens with one attached hydrogen (secondary N) is 1. The Morgan fingerprint density at radius 3 is 2.83 bits per heavy atom. The largest absolute Gasteiger partial charge is 0.477 e. The molecule has 92 valence electrons. The predicted molar refractivity (Wildman–Crippen MR) is 63.4 cm³/mol. The molecule has 0 aliphatic carbocycles. The molecule has 0 aliphatic rings. The van der Waals surface area contributed by atoms with Gasteiger partial charge in [-0.3, -0.25) is 0 Å². The van der Waals surface area contributed by atoms with Crippen molar-refractivity contribution < 1.29 is 14.3 Å². The summed E-state index contributed by atoms with van der Waals surface area (Å²) >= 11 is 0. The summed E-state index contributed by atoms with van der Waals surface area (Å²) in [7, 11) is 0. The standard InChI is InChI=1S/C12H10FN3O2/c1-7-2-3-8(6-9(7)13)15-12-14-5-4-10(16-12)11(17)18/h2-6H,1H3,(H,17,18)(H,14,15,16). The number of nitrogens with zero attached hydrogens (tertiary/aromatic N) is 2. The summed E-state index contributed by atoms with van der Waals surface area (Å²) in [6.07, 6.45) is 1.32. The second kappa shape index (κ2) is 4.79. The number of aromatic nitrogens is 2. The van der Waals surface area contributed by atoms with Crippen LogP contribution in [0, 0.1) is 12.7 Å². The highest BCUT2D eigenvalue weighted by atomic mass is 19.1. The van der Waals surface area contributed by atoms with Crippen LogP contribution >= 0.6 is 0 Å². The first kappa shape index (κ1) is 12.0. The fraction of sp³-hybridized carbons (Fsp3) is 0.0833. The molecule has 2 N–H and O–H groups in total. The Hall–Kier alpha value is -2.50. The Morgan fingerprint density at radius 1 is 1.39 bits per heavy atom. The summed E-state index contributed by atoms with van der Waals surface area (Å²) in [5.74, 6) is -1.39. The Morgan fingerprint density at radius 2 is 2.17 bits per heavy atom. The van der Waals surface area contributed by atoms with Crippen LogP contribution in [0.25, 0.3) is 0 Å². The van der Waals surface area contributed by atoms with Gasteiger partial charge in [-0.15, -0.1) is 0 Å². The van der Waals surface area contributed by atoms with Crippen LogP contribution in [-0.2, 0) is 0 Å². The van der Waals surface area contributed by atoms with Crippen molar-refractivity contribution in [2.45, 2.75) is 6.92 Å². The molecule has 0 spiro atoms. The number of aryl methyl sites for hydroxylation is 1. The number of halogens is 1. The first-order chi connectivity index (χ1) is 8.56. The van der Waals surface area contributed by atoms with E-state index in [1.807, 2.05) is 0 Å². The smallest absolute Gasteiger partial charge is 0.354 e. The fourth-order valence-electron chi connectivity index (χ4n) is 1.34. The monoisotopic (exact) mass is 247 g/mol. The van der Waals surface area contributed by atoms with Gasteiger partial charge >= 0.3 is 5.97 Å². The molecule has 1 aromatic heterocycles. The van der Waals surface area contributed by atoms with E-state index in [0.29, 0.717) is 11.3 Å². The van der Waals surface area contributed by atoms with Crippen molar-refractivity contribution in [2.24, 2.45) is 0 Å². The van der Waals surface area contributed by atoms with E-state index in [4.69, 9.17) is 5.11 Å². The first-order valence-electron chi connectivity index (χ1n) is 5.16. The Kier molecular flexibility index (Phi) is 3.18. The molecule has 2 rings (SSSR count). The minimum atomic E-state index is -1.14. The van der Waals surface area contributed by atoms with Gasteiger partial charge in [-0.25, -0.2) is 19.2 Å². The summed E-state index contributed by atoms with van der Waals surface area (Å²) in [6.45, 7) is 1.65. The number of hydrogen-bond donors (Lipinski definition) is 2. The van der Waals surface area contributed by atoms with Crippen LogP contribution in [0.3, 0.4) is 0 Å². The van der Waals surface area contributed by atoms with Gasteiger partial charge in [0.05, 0.1) is 0 Å². The van der Waals surface area contributed by atoms with E-state index in [1.165, 1.54) is 18.3 Å². The van der Waals surface area contributed by atoms with Gasteiger partial charge in [-0.05, 0) is 30.7 Å². The van der Waals surface area contributed by atoms with Gasteiger partial charge in [0, 0.05) is 11.9 Å². The number of aromatic carboxylic acids is 1. The third kappa shape index (κ3) is 2.60. The average Bonchev–Trinajstić information content (AvgIpc) is 2.34. The molecule has 0 aliphatic heterocycles. The van der Waals surface area contributed by atoms with Crippen LogP contribution in [0.15, 0.2) is 30.5 Å². The molecule has 0 saturated heterocycles. The second-order valence-corrected chi connectivity index (χ2v) is 3.66. The lowest BCUT2D eigenvalue weighted by atomic mass is 10.2. The number of benzene rings is 1. The van der Waals surface area contributed by atoms with Crippen molar-refractivity contribution in [3.8, 4) is 0 Å². The SMILES string of the molecule is Cc1ccc(Nc2nccc(C(=O)O)n2)cc1F. The molecular weight excluding hydrogens is 237 g/mol. The fourth-order valence-corrected chi connectivity index (χ4v) is 1.34. The summed E-state index contributed by atoms with van der Waals surface area (Å²) in [4.78, 5) is 18.4. The number of anilines is 2. The van der Waals surface area contributed by atoms with Crippen LogP contribution in [0.5, 0.6) is 0 Å². The van der Waals surface area contributed by atoms with Crippen molar-refractivity contribution in [3.05, 3.63) is 47.5 Å². The Balaban J connectivity index is 2.25. The zero-order chi connectivity index (χ0) is 13.1. The molecule has 5 nitrogen and oxygen atoms in total. The van der Waals surface area contributed by atoms with Gasteiger partial charge in [0.1, 0.15) is 5.82 Å². The maximum absolute atomic E-state index is 13.3. The topological polar surface area (TPSA) is 75.1 Å². The van der Waals surface area contributed by atoms with Gasteiger partial charge < -0.3 is 10.4 Å². The van der Waals surface area contributed by atoms with Crippen molar-refractivity contribution in [2.75, 3.05) is 5.32 Å². The van der Waals surface area contributed by atoms with Crippen molar-refractivity contribution in [1.29, 1.82) is 0 Å². The number of carboxylic acids is 1. The van der Waals surface area contributed by atoms with Crippen LogP contribution in [0.1, 0.15) is 16.1 Å². The third-order valence-electron chi connectivity index (χ3n) is 2.30. The van der Waals surface area contributed by atoms with Crippen molar-refractivity contribution in [3.63, 3.8) is 0 Å². The van der Waals surface area contributed by atoms with E-state index >= 15 is 0 Å². The van der Waals surface area contributed by atoms with Crippen LogP contribution in [0.4, 0.5) is 16.0 Å². The predicted octanol–water partition coefficient (Wildman–Crippen LogP) is 2.37. The van der Waals surface area contributed by atoms with Gasteiger partial charge in [0.25, 0.3) is 0 Å². The Bertz CT molecular complexity index is 602. The molecule has 0 bridgehead atoms. The third-order valence-corrected chi connectivity index (χ3v) is 2.30. The number of carbonyl (C=O) groups is 1. The number of rotatable bonds is 3. The number of hydrogen-bond acceptors (Lipinski definition) is 4. The molecule has 1 heterocycles. The highest BCUT2D eigenvalue weighted by Crippen LogP contribution is 2.16. The lowest BCUT2D eigenvalue weighted by Gasteiger charge is -2.06. The van der Waals surface area contributed by atoms with Crippen LogP contribution < -0.4 is 5.32 Å². The maximum atomic E-state index is 13.3. The van der Waals surface area contributed by atoms with E-state index in [-0.39, 0.29) is 17.5 Å². The second-order valence-electron chi connectivity index (χ2n) is 3.66. The van der Waals surface area contributed by atoms with Gasteiger partial charge in [-0.2, -0.15) is 0 Å². The van der Waals surface area contributed by atoms with Crippen LogP contribution in [0.2, 0.25) is 0 Å². The minimum absolute atomic E-state index is 0.109. The minimum Gasteiger partial charge on any atom is -0.477 e. The lowest BCUT2D eigenvalue weighted by Crippen LogP contribution is -2.04. The molecule has 0 unspecified atom stereocenters. The van der Waals surface area contributed by atoms with Crippen LogP contribution in [-0.4, -0.2) is 21.0 Å². The van der Waals surface area contributed by atoms with E-state index < -0.39 is 5.97 Å². The quantitative estimate of drug-likeness (QED) is 0.870. The molecule has 1 aromatic carbocycles. The molecule has 0 amide bonds. The van der Waals surface area contributed by atoms with Gasteiger partial charge in [-0.1, -0.05) is 6.07 Å². The van der Waals surface area contributed by atoms with E-state index in [9.17, 15) is 9.18 Å². The van der Waals surface area contributed by atoms with E-state index in [2.05, 4.69) is 15.3 Å². The van der Waals surface area contributed by atoms with E-state index in [1.54, 1.807) is 19.1 Å². The zero-order valence-electron chi connectivity index (χ0n) is 9.51. The van der Waals surface area contributed by atoms with Crippen molar-refractivity contribution in [1.82, 2.24) is 9.97 Å². The maximum Gasteiger partial charge on any atom is 0.354 e. The summed E-state index contributed by atoms with van der Waals surface area (Å²) in [6, 6.07) is 5.85. The zero-order valence-corrected chi connectivity index (χ0v) is 9.51. The lowest BCUT2D eigenvalue weighted by molar-refractivity contribution is 0.0690. The molecule has 0 radical (unpaired) electrons. The molecule has 0 saturated carbocycles. The molecule has 2 aromatic rings. The number of carboxylic acid groups (broad SMARTS) is 1. The first-order valence-corrected chi connectivity index (χ1v) is 5.16. The molecule has 0 fully saturated rings. The highest BCUT2D eigenvalue weighted by Gasteiger charge is 2.07. The molecule has 0 atom stereocenters. The normalized spacial score (nSPS) is 10.1.